The third kappa shape index (κ3) is 3.48. The van der Waals surface area contributed by atoms with Gasteiger partial charge in [0, 0.05) is 6.07 Å². The number of nitrogens with zero attached hydrogens (tertiary/aromatic N) is 1. The fraction of sp³-hybridized carbons (Fsp3) is 0.273. The van der Waals surface area contributed by atoms with Crippen molar-refractivity contribution in [1.82, 2.24) is 5.32 Å². The molecular weight excluding hydrogens is 275 g/mol. The largest absolute Gasteiger partial charge is 0.480 e. The SMILES string of the molecule is C[C@@H](O)[C@H](NC(=O)c1cc(F)ccc1[N+](=O)[O-])C(=O)O. The molecule has 108 valence electrons. The summed E-state index contributed by atoms with van der Waals surface area (Å²) < 4.78 is 13.1. The molecule has 0 radical (unpaired) electrons. The van der Waals surface area contributed by atoms with Gasteiger partial charge in [0.15, 0.2) is 6.04 Å². The van der Waals surface area contributed by atoms with Crippen molar-refractivity contribution in [3.63, 3.8) is 0 Å². The van der Waals surface area contributed by atoms with Gasteiger partial charge >= 0.3 is 5.97 Å². The number of rotatable bonds is 5. The van der Waals surface area contributed by atoms with E-state index in [0.717, 1.165) is 19.1 Å². The molecule has 0 aliphatic heterocycles. The fourth-order valence-electron chi connectivity index (χ4n) is 1.46. The molecule has 0 aromatic heterocycles. The molecule has 3 N–H and O–H groups in total. The Labute approximate surface area is 112 Å². The number of hydrogen-bond acceptors (Lipinski definition) is 5. The van der Waals surface area contributed by atoms with E-state index in [1.54, 1.807) is 0 Å². The van der Waals surface area contributed by atoms with E-state index in [9.17, 15) is 29.2 Å². The lowest BCUT2D eigenvalue weighted by atomic mass is 10.1. The molecule has 20 heavy (non-hydrogen) atoms. The van der Waals surface area contributed by atoms with Crippen molar-refractivity contribution in [2.24, 2.45) is 0 Å². The van der Waals surface area contributed by atoms with Crippen molar-refractivity contribution < 1.29 is 29.1 Å². The molecule has 0 saturated carbocycles. The number of carboxylic acid groups (broad SMARTS) is 1. The van der Waals surface area contributed by atoms with E-state index < -0.39 is 46.0 Å². The van der Waals surface area contributed by atoms with Crippen LogP contribution in [0, 0.1) is 15.9 Å². The maximum atomic E-state index is 13.1. The summed E-state index contributed by atoms with van der Waals surface area (Å²) in [6, 6.07) is 0.556. The molecule has 0 saturated heterocycles. The summed E-state index contributed by atoms with van der Waals surface area (Å²) in [5, 5.41) is 30.6. The van der Waals surface area contributed by atoms with Crippen LogP contribution >= 0.6 is 0 Å². The molecular formula is C11H11FN2O6. The second kappa shape index (κ2) is 6.06. The highest BCUT2D eigenvalue weighted by atomic mass is 19.1. The molecule has 0 fully saturated rings. The van der Waals surface area contributed by atoms with Crippen LogP contribution in [0.2, 0.25) is 0 Å². The number of aliphatic hydroxyl groups excluding tert-OH is 1. The highest BCUT2D eigenvalue weighted by Gasteiger charge is 2.28. The number of carbonyl (C=O) groups is 2. The van der Waals surface area contributed by atoms with E-state index >= 15 is 0 Å². The van der Waals surface area contributed by atoms with E-state index in [0.29, 0.717) is 6.07 Å². The number of carbonyl (C=O) groups excluding carboxylic acids is 1. The Bertz CT molecular complexity index is 560. The zero-order valence-electron chi connectivity index (χ0n) is 10.2. The Morgan fingerprint density at radius 1 is 1.45 bits per heavy atom. The summed E-state index contributed by atoms with van der Waals surface area (Å²) in [6.07, 6.45) is -1.43. The number of halogens is 1. The molecule has 0 aliphatic carbocycles. The molecule has 1 aromatic carbocycles. The number of hydrogen-bond donors (Lipinski definition) is 3. The minimum absolute atomic E-state index is 0.619. The molecule has 0 aliphatic rings. The molecule has 0 bridgehead atoms. The van der Waals surface area contributed by atoms with Crippen molar-refractivity contribution in [2.75, 3.05) is 0 Å². The Morgan fingerprint density at radius 3 is 2.50 bits per heavy atom. The van der Waals surface area contributed by atoms with Crippen LogP contribution in [0.5, 0.6) is 0 Å². The molecule has 1 rings (SSSR count). The normalized spacial score (nSPS) is 13.3. The van der Waals surface area contributed by atoms with Crippen LogP contribution in [0.25, 0.3) is 0 Å². The number of aliphatic hydroxyl groups is 1. The van der Waals surface area contributed by atoms with Gasteiger partial charge in [0.05, 0.1) is 11.0 Å². The van der Waals surface area contributed by atoms with Crippen LogP contribution in [0.15, 0.2) is 18.2 Å². The lowest BCUT2D eigenvalue weighted by molar-refractivity contribution is -0.385. The van der Waals surface area contributed by atoms with Gasteiger partial charge in [0.2, 0.25) is 0 Å². The van der Waals surface area contributed by atoms with E-state index in [1.807, 2.05) is 5.32 Å². The molecule has 2 atom stereocenters. The molecule has 0 unspecified atom stereocenters. The summed E-state index contributed by atoms with van der Waals surface area (Å²) in [4.78, 5) is 32.4. The van der Waals surface area contributed by atoms with Crippen molar-refractivity contribution in [2.45, 2.75) is 19.1 Å². The van der Waals surface area contributed by atoms with Crippen LogP contribution < -0.4 is 5.32 Å². The van der Waals surface area contributed by atoms with E-state index in [1.165, 1.54) is 0 Å². The first-order valence-electron chi connectivity index (χ1n) is 5.39. The number of aliphatic carboxylic acids is 1. The zero-order chi connectivity index (χ0) is 15.4. The number of carboxylic acids is 1. The van der Waals surface area contributed by atoms with Crippen molar-refractivity contribution in [3.05, 3.63) is 39.7 Å². The highest BCUT2D eigenvalue weighted by Crippen LogP contribution is 2.19. The van der Waals surface area contributed by atoms with Gasteiger partial charge in [-0.25, -0.2) is 9.18 Å². The summed E-state index contributed by atoms with van der Waals surface area (Å²) in [5.41, 5.74) is -1.29. The van der Waals surface area contributed by atoms with E-state index in [4.69, 9.17) is 5.11 Å². The van der Waals surface area contributed by atoms with Crippen molar-refractivity contribution >= 4 is 17.6 Å². The predicted octanol–water partition coefficient (Wildman–Crippen LogP) is 0.298. The average molecular weight is 286 g/mol. The predicted molar refractivity (Wildman–Crippen MR) is 63.6 cm³/mol. The van der Waals surface area contributed by atoms with Gasteiger partial charge < -0.3 is 15.5 Å². The molecule has 8 nitrogen and oxygen atoms in total. The van der Waals surface area contributed by atoms with Gasteiger partial charge in [-0.1, -0.05) is 0 Å². The van der Waals surface area contributed by atoms with Crippen LogP contribution in [0.1, 0.15) is 17.3 Å². The van der Waals surface area contributed by atoms with Crippen molar-refractivity contribution in [3.8, 4) is 0 Å². The summed E-state index contributed by atoms with van der Waals surface area (Å²) in [6.45, 7) is 1.12. The smallest absolute Gasteiger partial charge is 0.328 e. The third-order valence-electron chi connectivity index (χ3n) is 2.43. The van der Waals surface area contributed by atoms with Gasteiger partial charge in [-0.2, -0.15) is 0 Å². The van der Waals surface area contributed by atoms with Crippen LogP contribution in [-0.4, -0.2) is 39.2 Å². The highest BCUT2D eigenvalue weighted by molar-refractivity contribution is 6.00. The Balaban J connectivity index is 3.11. The van der Waals surface area contributed by atoms with Crippen molar-refractivity contribution in [1.29, 1.82) is 0 Å². The standard InChI is InChI=1S/C11H11FN2O6/c1-5(15)9(11(17)18)13-10(16)7-4-6(12)2-3-8(7)14(19)20/h2-5,9,15H,1H3,(H,13,16)(H,17,18)/t5-,9+/m1/s1. The summed E-state index contributed by atoms with van der Waals surface area (Å²) in [7, 11) is 0. The Hall–Kier alpha value is -2.55. The lowest BCUT2D eigenvalue weighted by Crippen LogP contribution is -2.47. The molecule has 9 heteroatoms. The van der Waals surface area contributed by atoms with Crippen LogP contribution in [0.3, 0.4) is 0 Å². The van der Waals surface area contributed by atoms with E-state index in [2.05, 4.69) is 0 Å². The summed E-state index contributed by atoms with van der Waals surface area (Å²) in [5.74, 6) is -3.57. The van der Waals surface area contributed by atoms with Crippen LogP contribution in [0.4, 0.5) is 10.1 Å². The van der Waals surface area contributed by atoms with Gasteiger partial charge in [0.25, 0.3) is 11.6 Å². The van der Waals surface area contributed by atoms with Gasteiger partial charge in [-0.05, 0) is 19.1 Å². The van der Waals surface area contributed by atoms with Crippen LogP contribution in [-0.2, 0) is 4.79 Å². The molecule has 0 heterocycles. The summed E-state index contributed by atoms with van der Waals surface area (Å²) >= 11 is 0. The minimum atomic E-state index is -1.66. The number of nitro groups is 1. The maximum absolute atomic E-state index is 13.1. The molecule has 0 spiro atoms. The van der Waals surface area contributed by atoms with Gasteiger partial charge in [-0.3, -0.25) is 14.9 Å². The first-order chi connectivity index (χ1) is 9.23. The molecule has 1 amide bonds. The maximum Gasteiger partial charge on any atom is 0.328 e. The Kier molecular flexibility index (Phi) is 4.70. The first kappa shape index (κ1) is 15.5. The van der Waals surface area contributed by atoms with Gasteiger partial charge in [-0.15, -0.1) is 0 Å². The number of nitrogens with one attached hydrogen (secondary N) is 1. The Morgan fingerprint density at radius 2 is 2.05 bits per heavy atom. The number of benzene rings is 1. The molecule has 1 aromatic rings. The van der Waals surface area contributed by atoms with E-state index in [-0.39, 0.29) is 0 Å². The number of nitro benzene ring substituents is 1. The fourth-order valence-corrected chi connectivity index (χ4v) is 1.46. The first-order valence-corrected chi connectivity index (χ1v) is 5.39. The quantitative estimate of drug-likeness (QED) is 0.527. The monoisotopic (exact) mass is 286 g/mol. The number of amides is 1. The third-order valence-corrected chi connectivity index (χ3v) is 2.43. The second-order valence-electron chi connectivity index (χ2n) is 3.95. The van der Waals surface area contributed by atoms with Gasteiger partial charge in [0.1, 0.15) is 11.4 Å². The average Bonchev–Trinajstić information content (AvgIpc) is 2.34. The minimum Gasteiger partial charge on any atom is -0.480 e. The lowest BCUT2D eigenvalue weighted by Gasteiger charge is -2.16. The topological polar surface area (TPSA) is 130 Å². The second-order valence-corrected chi connectivity index (χ2v) is 3.95. The zero-order valence-corrected chi connectivity index (χ0v) is 10.2.